The number of Topliss-reactive ketones (excluding diaryl/α,β-unsaturated/α-hetero) is 1. The minimum absolute atomic E-state index is 0.00198. The number of carbonyl (C=O) groups is 1. The van der Waals surface area contributed by atoms with Gasteiger partial charge in [-0.25, -0.2) is 0 Å². The average Bonchev–Trinajstić information content (AvgIpc) is 3.93. The highest BCUT2D eigenvalue weighted by molar-refractivity contribution is 6.21. The van der Waals surface area contributed by atoms with Gasteiger partial charge in [-0.15, -0.1) is 0 Å². The molecule has 10 aromatic rings. The second kappa shape index (κ2) is 9.33. The van der Waals surface area contributed by atoms with Gasteiger partial charge in [0.05, 0.1) is 22.4 Å². The molecule has 0 amide bonds. The number of nitrogens with zero attached hydrogens (tertiary/aromatic N) is 1. The van der Waals surface area contributed by atoms with Gasteiger partial charge in [-0.05, 0) is 114 Å². The second-order valence-corrected chi connectivity index (χ2v) is 15.7. The fourth-order valence-corrected chi connectivity index (χ4v) is 11.5. The van der Waals surface area contributed by atoms with Crippen molar-refractivity contribution in [2.45, 2.75) is 11.3 Å². The van der Waals surface area contributed by atoms with E-state index in [0.29, 0.717) is 0 Å². The van der Waals surface area contributed by atoms with Crippen molar-refractivity contribution in [3.05, 3.63) is 207 Å². The van der Waals surface area contributed by atoms with Gasteiger partial charge in [0, 0.05) is 27.1 Å². The molecule has 14 rings (SSSR count). The van der Waals surface area contributed by atoms with Gasteiger partial charge in [0.2, 0.25) is 0 Å². The van der Waals surface area contributed by atoms with Crippen molar-refractivity contribution >= 4 is 43.7 Å². The highest BCUT2D eigenvalue weighted by Crippen LogP contribution is 2.65. The summed E-state index contributed by atoms with van der Waals surface area (Å²) in [5.74, 6) is -0.209. The zero-order valence-electron chi connectivity index (χ0n) is 29.4. The maximum atomic E-state index is 14.6. The highest BCUT2D eigenvalue weighted by atomic mass is 16.1. The Kier molecular flexibility index (Phi) is 4.82. The van der Waals surface area contributed by atoms with Gasteiger partial charge in [-0.2, -0.15) is 0 Å². The Hall–Kier alpha value is -7.10. The third-order valence-electron chi connectivity index (χ3n) is 13.6. The van der Waals surface area contributed by atoms with E-state index in [1.165, 1.54) is 33.4 Å². The van der Waals surface area contributed by atoms with E-state index in [9.17, 15) is 9.59 Å². The van der Waals surface area contributed by atoms with Crippen LogP contribution >= 0.6 is 0 Å². The standard InChI is InChI=1S/C52H27NO2/c54-50-35-15-3-1-11-27(35)31-17-9-18-32-37-24-44-38(23-41(37)48(50)47(31)32)39-26-46-40(34-20-10-19-33-28-12-2-4-16-36(28)51(55)53(46)49(33)34)25-45(39)52(44)42-21-7-5-13-29(42)30-14-6-8-22-43(30)52/h1-26,48H. The average molecular weight is 698 g/mol. The number of fused-ring (bicyclic) bond motifs is 20. The predicted molar refractivity (Wildman–Crippen MR) is 221 cm³/mol. The summed E-state index contributed by atoms with van der Waals surface area (Å²) in [4.78, 5) is 29.2. The molecule has 0 saturated heterocycles. The Balaban J connectivity index is 1.17. The highest BCUT2D eigenvalue weighted by Gasteiger charge is 2.53. The van der Waals surface area contributed by atoms with Crippen LogP contribution in [-0.2, 0) is 5.41 Å². The first-order chi connectivity index (χ1) is 27.1. The van der Waals surface area contributed by atoms with Crippen molar-refractivity contribution in [3.63, 3.8) is 0 Å². The van der Waals surface area contributed by atoms with E-state index < -0.39 is 5.41 Å². The van der Waals surface area contributed by atoms with Crippen molar-refractivity contribution in [2.24, 2.45) is 0 Å². The molecule has 2 heterocycles. The monoisotopic (exact) mass is 697 g/mol. The summed E-state index contributed by atoms with van der Waals surface area (Å²) in [6.07, 6.45) is 0. The van der Waals surface area contributed by atoms with E-state index in [1.54, 1.807) is 0 Å². The van der Waals surface area contributed by atoms with Gasteiger partial charge in [0.25, 0.3) is 5.56 Å². The number of hydrogen-bond acceptors (Lipinski definition) is 2. The van der Waals surface area contributed by atoms with Crippen LogP contribution in [0, 0.1) is 0 Å². The molecule has 0 fully saturated rings. The van der Waals surface area contributed by atoms with Crippen molar-refractivity contribution in [1.82, 2.24) is 4.40 Å². The lowest BCUT2D eigenvalue weighted by Crippen LogP contribution is -2.26. The molecule has 252 valence electrons. The fraction of sp³-hybridized carbons (Fsp3) is 0.0385. The van der Waals surface area contributed by atoms with Crippen LogP contribution in [0.1, 0.15) is 49.7 Å². The Morgan fingerprint density at radius 3 is 1.71 bits per heavy atom. The zero-order valence-corrected chi connectivity index (χ0v) is 29.4. The first kappa shape index (κ1) is 28.4. The molecule has 0 radical (unpaired) electrons. The molecule has 4 aliphatic carbocycles. The van der Waals surface area contributed by atoms with Crippen molar-refractivity contribution in [1.29, 1.82) is 0 Å². The molecule has 1 unspecified atom stereocenters. The van der Waals surface area contributed by atoms with Crippen LogP contribution in [0.3, 0.4) is 0 Å². The van der Waals surface area contributed by atoms with Crippen LogP contribution in [0.5, 0.6) is 0 Å². The van der Waals surface area contributed by atoms with Crippen LogP contribution in [0.4, 0.5) is 0 Å². The SMILES string of the molecule is O=C1c2ccccc2-c2cccc3c2C1c1cc2c(cc1-3)C1(c3ccccc3-c3ccccc31)c1cc3c4cccc5c6ccccc6c(=O)n(c3cc1-2)c54. The molecule has 4 aliphatic rings. The molecule has 0 N–H and O–H groups in total. The third kappa shape index (κ3) is 3.02. The van der Waals surface area contributed by atoms with E-state index in [4.69, 9.17) is 0 Å². The first-order valence-electron chi connectivity index (χ1n) is 19.1. The maximum absolute atomic E-state index is 14.6. The molecule has 3 heteroatoms. The minimum Gasteiger partial charge on any atom is -0.293 e. The number of pyridine rings is 1. The Labute approximate surface area is 314 Å². The van der Waals surface area contributed by atoms with Gasteiger partial charge in [-0.1, -0.05) is 127 Å². The van der Waals surface area contributed by atoms with Crippen molar-refractivity contribution in [2.75, 3.05) is 0 Å². The fourth-order valence-electron chi connectivity index (χ4n) is 11.5. The topological polar surface area (TPSA) is 38.5 Å². The Bertz CT molecular complexity index is 3500. The summed E-state index contributed by atoms with van der Waals surface area (Å²) < 4.78 is 1.96. The molecule has 0 aliphatic heterocycles. The van der Waals surface area contributed by atoms with Gasteiger partial charge >= 0.3 is 0 Å². The number of benzene rings is 8. The Morgan fingerprint density at radius 2 is 0.945 bits per heavy atom. The summed E-state index contributed by atoms with van der Waals surface area (Å²) in [6.45, 7) is 0. The maximum Gasteiger partial charge on any atom is 0.263 e. The summed E-state index contributed by atoms with van der Waals surface area (Å²) in [5, 5.41) is 4.94. The third-order valence-corrected chi connectivity index (χ3v) is 13.6. The van der Waals surface area contributed by atoms with Crippen LogP contribution in [-0.4, -0.2) is 10.2 Å². The zero-order chi connectivity index (χ0) is 35.9. The van der Waals surface area contributed by atoms with Crippen LogP contribution in [0.2, 0.25) is 0 Å². The van der Waals surface area contributed by atoms with E-state index in [2.05, 4.69) is 121 Å². The predicted octanol–water partition coefficient (Wildman–Crippen LogP) is 11.5. The molecule has 1 atom stereocenters. The Morgan fingerprint density at radius 1 is 0.400 bits per heavy atom. The second-order valence-electron chi connectivity index (χ2n) is 15.7. The van der Waals surface area contributed by atoms with E-state index in [0.717, 1.165) is 88.0 Å². The molecular formula is C52H27NO2. The van der Waals surface area contributed by atoms with E-state index in [1.807, 2.05) is 40.8 Å². The lowest BCUT2D eigenvalue weighted by molar-refractivity contribution is 0.0974. The molecular weight excluding hydrogens is 671 g/mol. The van der Waals surface area contributed by atoms with Crippen molar-refractivity contribution in [3.8, 4) is 44.5 Å². The molecule has 8 aromatic carbocycles. The minimum atomic E-state index is -0.594. The van der Waals surface area contributed by atoms with Gasteiger partial charge in [-0.3, -0.25) is 14.0 Å². The first-order valence-corrected chi connectivity index (χ1v) is 19.1. The van der Waals surface area contributed by atoms with Gasteiger partial charge in [0.15, 0.2) is 5.78 Å². The smallest absolute Gasteiger partial charge is 0.263 e. The number of rotatable bonds is 0. The number of aromatic nitrogens is 1. The number of carbonyl (C=O) groups excluding carboxylic acids is 1. The summed E-state index contributed by atoms with van der Waals surface area (Å²) in [5.41, 5.74) is 18.4. The van der Waals surface area contributed by atoms with Crippen LogP contribution < -0.4 is 5.56 Å². The molecule has 1 spiro atoms. The normalized spacial score (nSPS) is 16.1. The number of ketones is 1. The summed E-state index contributed by atoms with van der Waals surface area (Å²) in [6, 6.07) is 56.3. The van der Waals surface area contributed by atoms with Crippen LogP contribution in [0.25, 0.3) is 82.5 Å². The number of para-hydroxylation sites is 1. The molecule has 0 bridgehead atoms. The molecule has 55 heavy (non-hydrogen) atoms. The van der Waals surface area contributed by atoms with Crippen LogP contribution in [0.15, 0.2) is 163 Å². The largest absolute Gasteiger partial charge is 0.293 e. The summed E-state index contributed by atoms with van der Waals surface area (Å²) >= 11 is 0. The molecule has 2 aromatic heterocycles. The quantitative estimate of drug-likeness (QED) is 0.148. The lowest BCUT2D eigenvalue weighted by Gasteiger charge is -2.31. The van der Waals surface area contributed by atoms with Gasteiger partial charge in [0.1, 0.15) is 0 Å². The molecule has 0 saturated carbocycles. The summed E-state index contributed by atoms with van der Waals surface area (Å²) in [7, 11) is 0. The van der Waals surface area contributed by atoms with E-state index in [-0.39, 0.29) is 17.3 Å². The van der Waals surface area contributed by atoms with E-state index >= 15 is 0 Å². The van der Waals surface area contributed by atoms with Crippen molar-refractivity contribution < 1.29 is 4.79 Å². The number of hydrogen-bond donors (Lipinski definition) is 0. The van der Waals surface area contributed by atoms with Gasteiger partial charge < -0.3 is 0 Å². The lowest BCUT2D eigenvalue weighted by atomic mass is 9.70. The molecule has 3 nitrogen and oxygen atoms in total.